The van der Waals surface area contributed by atoms with Gasteiger partial charge in [-0.1, -0.05) is 13.8 Å². The van der Waals surface area contributed by atoms with Crippen molar-refractivity contribution in [3.05, 3.63) is 17.6 Å². The van der Waals surface area contributed by atoms with Crippen LogP contribution < -0.4 is 5.32 Å². The van der Waals surface area contributed by atoms with E-state index >= 15 is 0 Å². The van der Waals surface area contributed by atoms with Gasteiger partial charge >= 0.3 is 0 Å². The smallest absolute Gasteiger partial charge is 0.246 e. The molecule has 1 saturated carbocycles. The monoisotopic (exact) mass is 314 g/mol. The Bertz CT molecular complexity index is 572. The highest BCUT2D eigenvalue weighted by Gasteiger charge is 2.30. The molecule has 1 aliphatic rings. The summed E-state index contributed by atoms with van der Waals surface area (Å²) in [7, 11) is -1.83. The molecule has 0 radical (unpaired) electrons. The number of rotatable bonds is 8. The Balaban J connectivity index is 2.18. The average Bonchev–Trinajstić information content (AvgIpc) is 3.20. The molecule has 0 atom stereocenters. The summed E-state index contributed by atoms with van der Waals surface area (Å²) in [5, 5.41) is 3.34. The van der Waals surface area contributed by atoms with Gasteiger partial charge in [0.05, 0.1) is 6.54 Å². The van der Waals surface area contributed by atoms with Crippen molar-refractivity contribution in [2.45, 2.75) is 70.0 Å². The molecule has 1 aliphatic carbocycles. The zero-order valence-corrected chi connectivity index (χ0v) is 14.2. The third-order valence-electron chi connectivity index (χ3n) is 4.18. The molecule has 2 rings (SSSR count). The number of sulfonamides is 1. The molecule has 120 valence electrons. The second kappa shape index (κ2) is 6.50. The van der Waals surface area contributed by atoms with E-state index in [0.29, 0.717) is 29.0 Å². The van der Waals surface area contributed by atoms with E-state index in [1.54, 1.807) is 20.0 Å². The maximum Gasteiger partial charge on any atom is 0.246 e. The van der Waals surface area contributed by atoms with E-state index < -0.39 is 10.0 Å². The van der Waals surface area contributed by atoms with Crippen molar-refractivity contribution >= 4 is 10.0 Å². The van der Waals surface area contributed by atoms with Gasteiger partial charge in [0.25, 0.3) is 0 Å². The third-order valence-corrected chi connectivity index (χ3v) is 6.20. The summed E-state index contributed by atoms with van der Waals surface area (Å²) in [5.74, 6) is 1.16. The van der Waals surface area contributed by atoms with E-state index in [1.807, 2.05) is 13.8 Å². The van der Waals surface area contributed by atoms with Crippen molar-refractivity contribution in [1.29, 1.82) is 0 Å². The van der Waals surface area contributed by atoms with Crippen LogP contribution in [0.25, 0.3) is 0 Å². The average molecular weight is 314 g/mol. The van der Waals surface area contributed by atoms with Crippen LogP contribution in [0.15, 0.2) is 15.4 Å². The zero-order valence-electron chi connectivity index (χ0n) is 13.3. The van der Waals surface area contributed by atoms with Crippen molar-refractivity contribution in [2.24, 2.45) is 0 Å². The Morgan fingerprint density at radius 2 is 2.00 bits per heavy atom. The molecule has 1 N–H and O–H groups in total. The van der Waals surface area contributed by atoms with Gasteiger partial charge in [-0.05, 0) is 32.6 Å². The quantitative estimate of drug-likeness (QED) is 0.801. The summed E-state index contributed by atoms with van der Waals surface area (Å²) in [6, 6.07) is 2.26. The first-order valence-electron chi connectivity index (χ1n) is 7.70. The fourth-order valence-corrected chi connectivity index (χ4v) is 4.24. The van der Waals surface area contributed by atoms with Gasteiger partial charge in [-0.15, -0.1) is 0 Å². The van der Waals surface area contributed by atoms with Gasteiger partial charge in [-0.25, -0.2) is 8.42 Å². The van der Waals surface area contributed by atoms with Crippen molar-refractivity contribution in [3.63, 3.8) is 0 Å². The molecule has 0 spiro atoms. The molecule has 0 aromatic carbocycles. The fourth-order valence-electron chi connectivity index (χ4n) is 2.55. The van der Waals surface area contributed by atoms with Crippen molar-refractivity contribution < 1.29 is 12.8 Å². The lowest BCUT2D eigenvalue weighted by atomic mass is 10.2. The van der Waals surface area contributed by atoms with Crippen LogP contribution in [0, 0.1) is 6.92 Å². The van der Waals surface area contributed by atoms with Crippen LogP contribution in [-0.4, -0.2) is 31.9 Å². The van der Waals surface area contributed by atoms with Crippen molar-refractivity contribution in [3.8, 4) is 0 Å². The Kier molecular flexibility index (Phi) is 5.11. The number of nitrogens with one attached hydrogen (secondary N) is 1. The maximum atomic E-state index is 12.7. The van der Waals surface area contributed by atoms with E-state index in [4.69, 9.17) is 4.42 Å². The van der Waals surface area contributed by atoms with Gasteiger partial charge in [-0.3, -0.25) is 0 Å². The third kappa shape index (κ3) is 3.67. The summed E-state index contributed by atoms with van der Waals surface area (Å²) in [6.45, 7) is 6.32. The van der Waals surface area contributed by atoms with Crippen LogP contribution in [-0.2, 0) is 16.6 Å². The van der Waals surface area contributed by atoms with Crippen LogP contribution in [0.3, 0.4) is 0 Å². The summed E-state index contributed by atoms with van der Waals surface area (Å²) in [4.78, 5) is 0.296. The molecule has 21 heavy (non-hydrogen) atoms. The molecule has 1 heterocycles. The second-order valence-electron chi connectivity index (χ2n) is 5.78. The Morgan fingerprint density at radius 3 is 2.52 bits per heavy atom. The van der Waals surface area contributed by atoms with Gasteiger partial charge in [0, 0.05) is 25.2 Å². The highest BCUT2D eigenvalue weighted by Crippen LogP contribution is 2.26. The van der Waals surface area contributed by atoms with Crippen molar-refractivity contribution in [2.75, 3.05) is 7.05 Å². The highest BCUT2D eigenvalue weighted by molar-refractivity contribution is 7.89. The molecule has 0 bridgehead atoms. The first-order chi connectivity index (χ1) is 9.90. The predicted octanol–water partition coefficient (Wildman–Crippen LogP) is 2.65. The second-order valence-corrected chi connectivity index (χ2v) is 7.75. The summed E-state index contributed by atoms with van der Waals surface area (Å²) in [6.07, 6.45) is 4.00. The number of hydrogen-bond donors (Lipinski definition) is 1. The molecule has 1 fully saturated rings. The fraction of sp³-hybridized carbons (Fsp3) is 0.733. The highest BCUT2D eigenvalue weighted by atomic mass is 32.2. The first kappa shape index (κ1) is 16.5. The molecule has 6 heteroatoms. The molecule has 0 saturated heterocycles. The molecule has 1 aromatic heterocycles. The minimum Gasteiger partial charge on any atom is -0.464 e. The SMILES string of the molecule is CCC(CC)N(C)S(=O)(=O)c1cc(CNC2CC2)oc1C. The minimum absolute atomic E-state index is 0.0253. The van der Waals surface area contributed by atoms with E-state index in [2.05, 4.69) is 5.32 Å². The Morgan fingerprint density at radius 1 is 1.38 bits per heavy atom. The van der Waals surface area contributed by atoms with Crippen LogP contribution in [0.5, 0.6) is 0 Å². The molecule has 1 aromatic rings. The lowest BCUT2D eigenvalue weighted by Gasteiger charge is -2.25. The Labute approximate surface area is 127 Å². The predicted molar refractivity (Wildman–Crippen MR) is 82.6 cm³/mol. The van der Waals surface area contributed by atoms with Gasteiger partial charge < -0.3 is 9.73 Å². The topological polar surface area (TPSA) is 62.6 Å². The maximum absolute atomic E-state index is 12.7. The standard InChI is InChI=1S/C15H26N2O3S/c1-5-13(6-2)17(4)21(18,19)15-9-14(20-11(15)3)10-16-12-7-8-12/h9,12-13,16H,5-8,10H2,1-4H3. The number of aryl methyl sites for hydroxylation is 1. The number of hydrogen-bond acceptors (Lipinski definition) is 4. The number of nitrogens with zero attached hydrogens (tertiary/aromatic N) is 1. The first-order valence-corrected chi connectivity index (χ1v) is 9.14. The van der Waals surface area contributed by atoms with Crippen LogP contribution >= 0.6 is 0 Å². The molecular weight excluding hydrogens is 288 g/mol. The van der Waals surface area contributed by atoms with E-state index in [1.165, 1.54) is 17.1 Å². The van der Waals surface area contributed by atoms with Gasteiger partial charge in [0.2, 0.25) is 10.0 Å². The molecule has 0 aliphatic heterocycles. The van der Waals surface area contributed by atoms with Crippen molar-refractivity contribution in [1.82, 2.24) is 9.62 Å². The molecule has 5 nitrogen and oxygen atoms in total. The van der Waals surface area contributed by atoms with Crippen LogP contribution in [0.2, 0.25) is 0 Å². The normalized spacial score (nSPS) is 16.1. The van der Waals surface area contributed by atoms with E-state index in [-0.39, 0.29) is 6.04 Å². The van der Waals surface area contributed by atoms with Crippen LogP contribution in [0.1, 0.15) is 51.1 Å². The van der Waals surface area contributed by atoms with Gasteiger partial charge in [0.15, 0.2) is 0 Å². The molecular formula is C15H26N2O3S. The summed E-state index contributed by atoms with van der Waals surface area (Å²) < 4.78 is 32.5. The molecule has 0 amide bonds. The Hall–Kier alpha value is -0.850. The van der Waals surface area contributed by atoms with Crippen LogP contribution in [0.4, 0.5) is 0 Å². The van der Waals surface area contributed by atoms with E-state index in [0.717, 1.165) is 12.8 Å². The van der Waals surface area contributed by atoms with E-state index in [9.17, 15) is 8.42 Å². The van der Waals surface area contributed by atoms with Gasteiger partial charge in [-0.2, -0.15) is 4.31 Å². The molecule has 0 unspecified atom stereocenters. The number of furan rings is 1. The lowest BCUT2D eigenvalue weighted by Crippen LogP contribution is -2.36. The zero-order chi connectivity index (χ0) is 15.6. The largest absolute Gasteiger partial charge is 0.464 e. The van der Waals surface area contributed by atoms with Gasteiger partial charge in [0.1, 0.15) is 16.4 Å². The summed E-state index contributed by atoms with van der Waals surface area (Å²) >= 11 is 0. The minimum atomic E-state index is -3.48. The summed E-state index contributed by atoms with van der Waals surface area (Å²) in [5.41, 5.74) is 0. The lowest BCUT2D eigenvalue weighted by molar-refractivity contribution is 0.349.